The van der Waals surface area contributed by atoms with E-state index in [1.165, 1.54) is 23.6 Å². The van der Waals surface area contributed by atoms with Gasteiger partial charge in [-0.25, -0.2) is 4.79 Å². The zero-order chi connectivity index (χ0) is 50.0. The Morgan fingerprint density at radius 1 is 0.716 bits per heavy atom. The van der Waals surface area contributed by atoms with Crippen molar-refractivity contribution >= 4 is 65.2 Å². The molecule has 3 rings (SSSR count). The Balaban J connectivity index is 1.71. The number of carbonyl (C=O) groups excluding carboxylic acids is 8. The quantitative estimate of drug-likeness (QED) is 0.0264. The lowest BCUT2D eigenvalue weighted by Crippen LogP contribution is -2.59. The zero-order valence-electron chi connectivity index (χ0n) is 38.3. The summed E-state index contributed by atoms with van der Waals surface area (Å²) < 4.78 is 0. The Kier molecular flexibility index (Phi) is 21.4. The van der Waals surface area contributed by atoms with E-state index in [1.807, 2.05) is 0 Å². The van der Waals surface area contributed by atoms with Crippen molar-refractivity contribution in [1.82, 2.24) is 47.0 Å². The lowest BCUT2D eigenvalue weighted by atomic mass is 10.0. The molecule has 0 bridgehead atoms. The molecular formula is C43H66N12O12. The van der Waals surface area contributed by atoms with Crippen LogP contribution in [-0.2, 0) is 54.4 Å². The highest BCUT2D eigenvalue weighted by Gasteiger charge is 2.44. The van der Waals surface area contributed by atoms with E-state index in [-0.39, 0.29) is 57.2 Å². The highest BCUT2D eigenvalue weighted by Crippen LogP contribution is 2.26. The number of nitrogens with two attached hydrogens (primary N) is 2. The molecule has 8 atom stereocenters. The van der Waals surface area contributed by atoms with Crippen molar-refractivity contribution in [3.63, 3.8) is 0 Å². The number of nitrogens with zero attached hydrogens (tertiary/aromatic N) is 2. The first-order valence-corrected chi connectivity index (χ1v) is 22.3. The third-order valence-electron chi connectivity index (χ3n) is 11.1. The van der Waals surface area contributed by atoms with Gasteiger partial charge < -0.3 is 68.7 Å². The van der Waals surface area contributed by atoms with Crippen molar-refractivity contribution in [2.75, 3.05) is 26.2 Å². The molecule has 2 fully saturated rings. The molecule has 0 spiro atoms. The molecule has 8 amide bonds. The summed E-state index contributed by atoms with van der Waals surface area (Å²) in [5.41, 5.74) is 11.6. The molecule has 2 saturated heterocycles. The Bertz CT molecular complexity index is 1970. The molecule has 14 N–H and O–H groups in total. The van der Waals surface area contributed by atoms with Crippen LogP contribution in [0.2, 0.25) is 0 Å². The van der Waals surface area contributed by atoms with Crippen LogP contribution in [0, 0.1) is 11.3 Å². The van der Waals surface area contributed by atoms with Crippen LogP contribution < -0.4 is 48.7 Å². The molecule has 0 aromatic heterocycles. The molecule has 370 valence electrons. The summed E-state index contributed by atoms with van der Waals surface area (Å²) in [6, 6.07) is -0.858. The maximum atomic E-state index is 14.2. The fourth-order valence-electron chi connectivity index (χ4n) is 7.69. The number of benzene rings is 1. The first-order valence-electron chi connectivity index (χ1n) is 22.3. The van der Waals surface area contributed by atoms with Crippen LogP contribution in [0.1, 0.15) is 84.6 Å². The van der Waals surface area contributed by atoms with E-state index in [0.717, 1.165) is 0 Å². The number of rotatable bonds is 25. The van der Waals surface area contributed by atoms with E-state index in [4.69, 9.17) is 16.9 Å². The smallest absolute Gasteiger partial charge is 0.326 e. The minimum atomic E-state index is -1.73. The van der Waals surface area contributed by atoms with E-state index in [1.54, 1.807) is 44.2 Å². The molecule has 0 aliphatic carbocycles. The average molecular weight is 943 g/mol. The van der Waals surface area contributed by atoms with Crippen LogP contribution >= 0.6 is 0 Å². The number of carboxylic acid groups (broad SMARTS) is 2. The maximum absolute atomic E-state index is 14.2. The molecule has 24 nitrogen and oxygen atoms in total. The molecule has 1 aromatic rings. The van der Waals surface area contributed by atoms with E-state index in [0.29, 0.717) is 31.2 Å². The summed E-state index contributed by atoms with van der Waals surface area (Å²) in [5.74, 6) is -9.30. The van der Waals surface area contributed by atoms with E-state index in [9.17, 15) is 58.2 Å². The van der Waals surface area contributed by atoms with Gasteiger partial charge in [-0.1, -0.05) is 44.2 Å². The molecule has 0 radical (unpaired) electrons. The molecule has 67 heavy (non-hydrogen) atoms. The summed E-state index contributed by atoms with van der Waals surface area (Å²) in [6.07, 6.45) is 1.01. The second-order valence-electron chi connectivity index (χ2n) is 17.2. The van der Waals surface area contributed by atoms with Crippen LogP contribution in [0.15, 0.2) is 30.3 Å². The normalized spacial score (nSPS) is 18.2. The van der Waals surface area contributed by atoms with Crippen LogP contribution in [0.3, 0.4) is 0 Å². The number of carboxylic acids is 2. The summed E-state index contributed by atoms with van der Waals surface area (Å²) in [4.78, 5) is 134. The van der Waals surface area contributed by atoms with Gasteiger partial charge in [-0.05, 0) is 70.3 Å². The van der Waals surface area contributed by atoms with Crippen LogP contribution in [-0.4, -0.2) is 160 Å². The number of hydrogen-bond donors (Lipinski definition) is 12. The number of hydrogen-bond acceptors (Lipinski definition) is 12. The standard InChI is InChI=1S/C43H66N12O12/c1-23(2)19-28(52-39(63)29(21-34(57)58)50-33(56)22-48-37(61)27(51-35(59)24(3)44)13-8-16-47-43(45)46)38(62)49-25(4)36(60)53-30(20-26-11-6-5-7-12-26)40(64)54-17-9-14-31(54)41(65)55-18-10-15-32(55)42(66)67/h5-7,11-12,23-25,27-32H,8-10,13-22,44H2,1-4H3,(H,48,61)(H,49,62)(H,50,56)(H,51,59)(H,52,63)(H,53,60)(H,57,58)(H,66,67)(H4,45,46,47)/t24-,25-,27-,28-,29-,30-,31+,32-/m0/s1. The van der Waals surface area contributed by atoms with E-state index >= 15 is 0 Å². The maximum Gasteiger partial charge on any atom is 0.326 e. The minimum Gasteiger partial charge on any atom is -0.481 e. The Labute approximate surface area is 388 Å². The summed E-state index contributed by atoms with van der Waals surface area (Å²) >= 11 is 0. The van der Waals surface area contributed by atoms with Crippen molar-refractivity contribution in [2.24, 2.45) is 17.4 Å². The Hall–Kier alpha value is -6.85. The average Bonchev–Trinajstić information content (AvgIpc) is 3.97. The van der Waals surface area contributed by atoms with Crippen molar-refractivity contribution in [3.05, 3.63) is 35.9 Å². The van der Waals surface area contributed by atoms with Crippen LogP contribution in [0.25, 0.3) is 0 Å². The van der Waals surface area contributed by atoms with Gasteiger partial charge in [0.2, 0.25) is 47.3 Å². The van der Waals surface area contributed by atoms with Crippen LogP contribution in [0.5, 0.6) is 0 Å². The van der Waals surface area contributed by atoms with Crippen LogP contribution in [0.4, 0.5) is 0 Å². The van der Waals surface area contributed by atoms with Crippen molar-refractivity contribution < 1.29 is 58.2 Å². The SMILES string of the molecule is CC(C)C[C@H](NC(=O)[C@H](CC(=O)O)NC(=O)CNC(=O)[C@H](CCCNC(=N)N)NC(=O)[C@H](C)N)C(=O)N[C@@H](C)C(=O)N[C@@H](Cc1ccccc1)C(=O)N1CCC[C@@H]1C(=O)N1CCC[C@H]1C(=O)O. The fourth-order valence-corrected chi connectivity index (χ4v) is 7.69. The highest BCUT2D eigenvalue weighted by atomic mass is 16.4. The first-order chi connectivity index (χ1) is 31.6. The largest absolute Gasteiger partial charge is 0.481 e. The molecule has 0 unspecified atom stereocenters. The predicted molar refractivity (Wildman–Crippen MR) is 240 cm³/mol. The minimum absolute atomic E-state index is 0.00538. The lowest BCUT2D eigenvalue weighted by molar-refractivity contribution is -0.152. The molecule has 2 heterocycles. The zero-order valence-corrected chi connectivity index (χ0v) is 38.3. The number of amides is 8. The summed E-state index contributed by atoms with van der Waals surface area (Å²) in [6.45, 7) is 6.13. The number of aliphatic carboxylic acids is 2. The fraction of sp³-hybridized carbons (Fsp3) is 0.605. The lowest BCUT2D eigenvalue weighted by Gasteiger charge is -2.32. The molecule has 2 aliphatic heterocycles. The first kappa shape index (κ1) is 54.5. The molecular weight excluding hydrogens is 877 g/mol. The molecule has 0 saturated carbocycles. The van der Waals surface area contributed by atoms with Gasteiger partial charge in [-0.15, -0.1) is 0 Å². The van der Waals surface area contributed by atoms with Gasteiger partial charge in [0.05, 0.1) is 19.0 Å². The number of nitrogens with one attached hydrogen (secondary N) is 8. The van der Waals surface area contributed by atoms with E-state index in [2.05, 4.69) is 37.2 Å². The van der Waals surface area contributed by atoms with Gasteiger partial charge in [0.25, 0.3) is 0 Å². The number of guanidine groups is 1. The highest BCUT2D eigenvalue weighted by molar-refractivity contribution is 5.98. The van der Waals surface area contributed by atoms with Gasteiger partial charge in [0.15, 0.2) is 5.96 Å². The Morgan fingerprint density at radius 2 is 1.31 bits per heavy atom. The predicted octanol–water partition coefficient (Wildman–Crippen LogP) is -3.01. The molecule has 24 heteroatoms. The molecule has 1 aromatic carbocycles. The number of likely N-dealkylation sites (tertiary alicyclic amines) is 2. The van der Waals surface area contributed by atoms with Gasteiger partial charge in [-0.3, -0.25) is 48.6 Å². The monoisotopic (exact) mass is 942 g/mol. The van der Waals surface area contributed by atoms with Crippen molar-refractivity contribution in [3.8, 4) is 0 Å². The Morgan fingerprint density at radius 3 is 1.91 bits per heavy atom. The second kappa shape index (κ2) is 26.3. The topological polar surface area (TPSA) is 378 Å². The number of carbonyl (C=O) groups is 10. The van der Waals surface area contributed by atoms with Gasteiger partial charge in [0.1, 0.15) is 42.3 Å². The van der Waals surface area contributed by atoms with Gasteiger partial charge >= 0.3 is 11.9 Å². The second-order valence-corrected chi connectivity index (χ2v) is 17.2. The third-order valence-corrected chi connectivity index (χ3v) is 11.1. The molecule has 2 aliphatic rings. The van der Waals surface area contributed by atoms with Crippen molar-refractivity contribution in [2.45, 2.75) is 134 Å². The summed E-state index contributed by atoms with van der Waals surface area (Å²) in [5, 5.41) is 43.9. The van der Waals surface area contributed by atoms with Crippen molar-refractivity contribution in [1.29, 1.82) is 5.41 Å². The third kappa shape index (κ3) is 17.5. The van der Waals surface area contributed by atoms with Gasteiger partial charge in [-0.2, -0.15) is 0 Å². The summed E-state index contributed by atoms with van der Waals surface area (Å²) in [7, 11) is 0. The van der Waals surface area contributed by atoms with Gasteiger partial charge in [0, 0.05) is 26.1 Å². The van der Waals surface area contributed by atoms with E-state index < -0.39 is 120 Å².